The van der Waals surface area contributed by atoms with Crippen LogP contribution < -0.4 is 5.32 Å². The van der Waals surface area contributed by atoms with E-state index < -0.39 is 35.0 Å². The largest absolute Gasteiger partial charge is 0.460 e. The van der Waals surface area contributed by atoms with Gasteiger partial charge in [0, 0.05) is 13.1 Å². The van der Waals surface area contributed by atoms with E-state index in [0.717, 1.165) is 16.1 Å². The summed E-state index contributed by atoms with van der Waals surface area (Å²) in [5.74, 6) is -0.883. The van der Waals surface area contributed by atoms with Crippen LogP contribution in [0.1, 0.15) is 75.2 Å². The van der Waals surface area contributed by atoms with Crippen LogP contribution in [0.4, 0.5) is 9.59 Å². The van der Waals surface area contributed by atoms with Crippen molar-refractivity contribution in [2.45, 2.75) is 92.0 Å². The predicted octanol–water partition coefficient (Wildman–Crippen LogP) is 3.80. The van der Waals surface area contributed by atoms with Crippen LogP contribution in [-0.4, -0.2) is 70.5 Å². The molecule has 0 atom stereocenters. The van der Waals surface area contributed by atoms with Gasteiger partial charge >= 0.3 is 18.2 Å². The molecule has 0 radical (unpaired) electrons. The Kier molecular flexibility index (Phi) is 11.4. The molecule has 0 fully saturated rings. The number of esters is 1. The SMILES string of the molecule is C=CC(=O)NCCCN(C(=O)OC(C)(C)C)N(CCC(=O)OC(C)(C)C)C(=O)OC(C)(C)C. The molecule has 0 saturated heterocycles. The molecule has 0 heterocycles. The van der Waals surface area contributed by atoms with E-state index in [2.05, 4.69) is 11.9 Å². The molecule has 0 bridgehead atoms. The van der Waals surface area contributed by atoms with Crippen LogP contribution in [0.15, 0.2) is 12.7 Å². The van der Waals surface area contributed by atoms with Crippen LogP contribution >= 0.6 is 0 Å². The highest BCUT2D eigenvalue weighted by atomic mass is 16.6. The zero-order chi connectivity index (χ0) is 26.0. The molecule has 0 unspecified atom stereocenters. The lowest BCUT2D eigenvalue weighted by Gasteiger charge is -2.36. The maximum Gasteiger partial charge on any atom is 0.429 e. The molecule has 33 heavy (non-hydrogen) atoms. The molecule has 0 aliphatic carbocycles. The van der Waals surface area contributed by atoms with Crippen molar-refractivity contribution in [3.8, 4) is 0 Å². The lowest BCUT2D eigenvalue weighted by atomic mass is 10.2. The normalized spacial score (nSPS) is 11.8. The molecule has 0 spiro atoms. The minimum atomic E-state index is -0.835. The fourth-order valence-corrected chi connectivity index (χ4v) is 2.35. The molecule has 1 N–H and O–H groups in total. The number of nitrogens with zero attached hydrogens (tertiary/aromatic N) is 2. The smallest absolute Gasteiger partial charge is 0.429 e. The van der Waals surface area contributed by atoms with Gasteiger partial charge in [0.15, 0.2) is 0 Å². The van der Waals surface area contributed by atoms with Gasteiger partial charge in [0.1, 0.15) is 16.8 Å². The Bertz CT molecular complexity index is 700. The van der Waals surface area contributed by atoms with E-state index in [-0.39, 0.29) is 32.0 Å². The van der Waals surface area contributed by atoms with Crippen molar-refractivity contribution in [2.24, 2.45) is 0 Å². The van der Waals surface area contributed by atoms with Crippen molar-refractivity contribution in [2.75, 3.05) is 19.6 Å². The standard InChI is InChI=1S/C23H41N3O7/c1-11-17(27)24-14-12-15-25(19(29)32-22(5,6)7)26(20(30)33-23(8,9)10)16-13-18(28)31-21(2,3)4/h11H,1,12-16H2,2-10H3,(H,24,27). The number of carbonyl (C=O) groups excluding carboxylic acids is 4. The van der Waals surface area contributed by atoms with E-state index in [1.807, 2.05) is 0 Å². The van der Waals surface area contributed by atoms with Gasteiger partial charge in [-0.15, -0.1) is 0 Å². The highest BCUT2D eigenvalue weighted by molar-refractivity contribution is 5.86. The van der Waals surface area contributed by atoms with Crippen LogP contribution in [0.2, 0.25) is 0 Å². The van der Waals surface area contributed by atoms with Crippen molar-refractivity contribution < 1.29 is 33.4 Å². The van der Waals surface area contributed by atoms with Crippen molar-refractivity contribution in [3.05, 3.63) is 12.7 Å². The van der Waals surface area contributed by atoms with Crippen LogP contribution in [0, 0.1) is 0 Å². The summed E-state index contributed by atoms with van der Waals surface area (Å²) in [6.07, 6.45) is -0.313. The topological polar surface area (TPSA) is 114 Å². The number of ether oxygens (including phenoxy) is 3. The predicted molar refractivity (Wildman–Crippen MR) is 124 cm³/mol. The molecular weight excluding hydrogens is 430 g/mol. The van der Waals surface area contributed by atoms with Gasteiger partial charge in [-0.05, 0) is 74.8 Å². The number of hydrogen-bond donors (Lipinski definition) is 1. The van der Waals surface area contributed by atoms with E-state index in [9.17, 15) is 19.2 Å². The summed E-state index contributed by atoms with van der Waals surface area (Å²) in [6.45, 7) is 18.9. The van der Waals surface area contributed by atoms with Gasteiger partial charge in [-0.2, -0.15) is 0 Å². The molecule has 0 aromatic carbocycles. The van der Waals surface area contributed by atoms with Crippen molar-refractivity contribution >= 4 is 24.1 Å². The maximum atomic E-state index is 13.0. The summed E-state index contributed by atoms with van der Waals surface area (Å²) < 4.78 is 16.2. The molecule has 3 amide bonds. The van der Waals surface area contributed by atoms with Gasteiger partial charge in [-0.3, -0.25) is 9.59 Å². The monoisotopic (exact) mass is 471 g/mol. The van der Waals surface area contributed by atoms with Crippen LogP contribution in [0.3, 0.4) is 0 Å². The maximum absolute atomic E-state index is 13.0. The number of hydrazine groups is 1. The van der Waals surface area contributed by atoms with Gasteiger partial charge in [-0.1, -0.05) is 6.58 Å². The fourth-order valence-electron chi connectivity index (χ4n) is 2.35. The third kappa shape index (κ3) is 14.8. The summed E-state index contributed by atoms with van der Waals surface area (Å²) in [5, 5.41) is 4.74. The first-order valence-electron chi connectivity index (χ1n) is 11.0. The number of amides is 3. The van der Waals surface area contributed by atoms with Crippen LogP contribution in [-0.2, 0) is 23.8 Å². The minimum Gasteiger partial charge on any atom is -0.460 e. The van der Waals surface area contributed by atoms with E-state index >= 15 is 0 Å². The molecule has 0 rings (SSSR count). The zero-order valence-electron chi connectivity index (χ0n) is 21.6. The molecule has 0 aromatic heterocycles. The number of rotatable bonds is 8. The molecule has 0 aliphatic heterocycles. The van der Waals surface area contributed by atoms with Gasteiger partial charge in [-0.25, -0.2) is 19.6 Å². The lowest BCUT2D eigenvalue weighted by Crippen LogP contribution is -2.54. The lowest BCUT2D eigenvalue weighted by molar-refractivity contribution is -0.156. The Morgan fingerprint density at radius 2 is 1.18 bits per heavy atom. The van der Waals surface area contributed by atoms with Gasteiger partial charge < -0.3 is 19.5 Å². The first-order chi connectivity index (χ1) is 14.8. The summed E-state index contributed by atoms with van der Waals surface area (Å²) in [6, 6.07) is 0. The van der Waals surface area contributed by atoms with Gasteiger partial charge in [0.05, 0.1) is 13.0 Å². The number of nitrogens with one attached hydrogen (secondary N) is 1. The Morgan fingerprint density at radius 3 is 1.58 bits per heavy atom. The third-order valence-corrected chi connectivity index (χ3v) is 3.48. The molecule has 0 aromatic rings. The first kappa shape index (κ1) is 30.2. The second kappa shape index (κ2) is 12.5. The molecule has 0 aliphatic rings. The van der Waals surface area contributed by atoms with Crippen molar-refractivity contribution in [1.29, 1.82) is 0 Å². The summed E-state index contributed by atoms with van der Waals surface area (Å²) in [7, 11) is 0. The Labute approximate surface area is 197 Å². The number of carbonyl (C=O) groups is 4. The molecule has 10 heteroatoms. The average molecular weight is 472 g/mol. The van der Waals surface area contributed by atoms with E-state index in [1.165, 1.54) is 0 Å². The van der Waals surface area contributed by atoms with E-state index in [0.29, 0.717) is 6.42 Å². The molecule has 0 saturated carbocycles. The molecule has 190 valence electrons. The summed E-state index contributed by atoms with van der Waals surface area (Å²) >= 11 is 0. The highest BCUT2D eigenvalue weighted by Gasteiger charge is 2.33. The van der Waals surface area contributed by atoms with Crippen molar-refractivity contribution in [1.82, 2.24) is 15.3 Å². The second-order valence-corrected chi connectivity index (χ2v) is 10.4. The summed E-state index contributed by atoms with van der Waals surface area (Å²) in [4.78, 5) is 49.6. The highest BCUT2D eigenvalue weighted by Crippen LogP contribution is 2.17. The molecule has 10 nitrogen and oxygen atoms in total. The average Bonchev–Trinajstić information content (AvgIpc) is 2.58. The zero-order valence-corrected chi connectivity index (χ0v) is 21.6. The van der Waals surface area contributed by atoms with Crippen molar-refractivity contribution in [3.63, 3.8) is 0 Å². The van der Waals surface area contributed by atoms with E-state index in [1.54, 1.807) is 62.3 Å². The second-order valence-electron chi connectivity index (χ2n) is 10.4. The quantitative estimate of drug-likeness (QED) is 0.188. The van der Waals surface area contributed by atoms with Crippen LogP contribution in [0.5, 0.6) is 0 Å². The Hall–Kier alpha value is -2.78. The molecular formula is C23H41N3O7. The Balaban J connectivity index is 5.74. The van der Waals surface area contributed by atoms with Crippen LogP contribution in [0.25, 0.3) is 0 Å². The third-order valence-electron chi connectivity index (χ3n) is 3.48. The Morgan fingerprint density at radius 1 is 0.758 bits per heavy atom. The number of hydrogen-bond acceptors (Lipinski definition) is 7. The minimum absolute atomic E-state index is 0.0277. The fraction of sp³-hybridized carbons (Fsp3) is 0.739. The van der Waals surface area contributed by atoms with E-state index in [4.69, 9.17) is 14.2 Å². The van der Waals surface area contributed by atoms with Gasteiger partial charge in [0.2, 0.25) is 5.91 Å². The summed E-state index contributed by atoms with van der Waals surface area (Å²) in [5.41, 5.74) is -2.35. The van der Waals surface area contributed by atoms with Gasteiger partial charge in [0.25, 0.3) is 0 Å². The first-order valence-corrected chi connectivity index (χ1v) is 11.0.